The number of alkyl halides is 3. The van der Waals surface area contributed by atoms with Crippen molar-refractivity contribution in [1.29, 1.82) is 0 Å². The Balaban J connectivity index is 2.90. The molecular formula is C10H12F3NO. The van der Waals surface area contributed by atoms with E-state index in [9.17, 15) is 18.0 Å². The summed E-state index contributed by atoms with van der Waals surface area (Å²) in [5.41, 5.74) is -2.21. The zero-order valence-electron chi connectivity index (χ0n) is 8.37. The third-order valence-corrected chi connectivity index (χ3v) is 2.66. The second-order valence-electron chi connectivity index (χ2n) is 3.53. The van der Waals surface area contributed by atoms with Crippen LogP contribution in [0.5, 0.6) is 0 Å². The van der Waals surface area contributed by atoms with Gasteiger partial charge in [-0.15, -0.1) is 5.92 Å². The van der Waals surface area contributed by atoms with Gasteiger partial charge in [-0.3, -0.25) is 4.79 Å². The van der Waals surface area contributed by atoms with E-state index in [1.54, 1.807) is 0 Å². The van der Waals surface area contributed by atoms with Crippen LogP contribution in [0.4, 0.5) is 13.2 Å². The lowest BCUT2D eigenvalue weighted by Crippen LogP contribution is -2.46. The lowest BCUT2D eigenvalue weighted by molar-refractivity contribution is -0.214. The molecule has 1 atom stereocenters. The molecule has 1 rings (SSSR count). The monoisotopic (exact) mass is 219 g/mol. The van der Waals surface area contributed by atoms with Crippen LogP contribution in [0.25, 0.3) is 0 Å². The average molecular weight is 219 g/mol. The van der Waals surface area contributed by atoms with Crippen molar-refractivity contribution in [3.8, 4) is 11.8 Å². The fourth-order valence-electron chi connectivity index (χ4n) is 1.67. The summed E-state index contributed by atoms with van der Waals surface area (Å²) in [6.45, 7) is 1.41. The normalized spacial score (nSPS) is 25.9. The van der Waals surface area contributed by atoms with Gasteiger partial charge >= 0.3 is 6.18 Å². The molecule has 84 valence electrons. The van der Waals surface area contributed by atoms with Crippen LogP contribution in [0.15, 0.2) is 0 Å². The second kappa shape index (κ2) is 4.23. The van der Waals surface area contributed by atoms with E-state index in [0.717, 1.165) is 0 Å². The van der Waals surface area contributed by atoms with Crippen molar-refractivity contribution in [3.05, 3.63) is 0 Å². The van der Waals surface area contributed by atoms with Crippen molar-refractivity contribution in [2.45, 2.75) is 25.9 Å². The van der Waals surface area contributed by atoms with Crippen molar-refractivity contribution in [1.82, 2.24) is 5.32 Å². The highest BCUT2D eigenvalue weighted by Gasteiger charge is 2.60. The van der Waals surface area contributed by atoms with E-state index in [4.69, 9.17) is 0 Å². The Bertz CT molecular complexity index is 305. The molecular weight excluding hydrogens is 207 g/mol. The van der Waals surface area contributed by atoms with Gasteiger partial charge in [0.05, 0.1) is 6.42 Å². The maximum absolute atomic E-state index is 12.8. The van der Waals surface area contributed by atoms with Gasteiger partial charge in [0.2, 0.25) is 0 Å². The maximum atomic E-state index is 12.8. The van der Waals surface area contributed by atoms with E-state index < -0.39 is 17.4 Å². The molecule has 0 aromatic heterocycles. The van der Waals surface area contributed by atoms with Crippen LogP contribution in [0.2, 0.25) is 0 Å². The molecule has 0 aromatic rings. The number of hydrogen-bond donors (Lipinski definition) is 1. The van der Waals surface area contributed by atoms with E-state index in [-0.39, 0.29) is 25.9 Å². The first kappa shape index (κ1) is 12.1. The summed E-state index contributed by atoms with van der Waals surface area (Å²) in [5.74, 6) is 4.00. The number of ketones is 1. The van der Waals surface area contributed by atoms with E-state index >= 15 is 0 Å². The SMILES string of the molecule is CC#CCC(=O)C1(C(F)(F)F)CCNC1. The number of Topliss-reactive ketones (excluding diaryl/α,β-unsaturated/α-hetero) is 1. The lowest BCUT2D eigenvalue weighted by Gasteiger charge is -2.28. The Morgan fingerprint density at radius 1 is 1.53 bits per heavy atom. The van der Waals surface area contributed by atoms with E-state index in [2.05, 4.69) is 17.2 Å². The Morgan fingerprint density at radius 3 is 2.60 bits per heavy atom. The van der Waals surface area contributed by atoms with Gasteiger partial charge in [-0.1, -0.05) is 5.92 Å². The molecule has 1 aliphatic rings. The molecule has 1 heterocycles. The zero-order chi connectivity index (χ0) is 11.5. The summed E-state index contributed by atoms with van der Waals surface area (Å²) in [6, 6.07) is 0. The fourth-order valence-corrected chi connectivity index (χ4v) is 1.67. The average Bonchev–Trinajstić information content (AvgIpc) is 2.62. The number of carbonyl (C=O) groups excluding carboxylic acids is 1. The summed E-state index contributed by atoms with van der Waals surface area (Å²) >= 11 is 0. The molecule has 1 saturated heterocycles. The van der Waals surface area contributed by atoms with Gasteiger partial charge in [0.15, 0.2) is 5.78 Å². The van der Waals surface area contributed by atoms with Gasteiger partial charge in [-0.05, 0) is 19.9 Å². The number of rotatable bonds is 2. The number of hydrogen-bond acceptors (Lipinski definition) is 2. The van der Waals surface area contributed by atoms with Gasteiger partial charge in [0, 0.05) is 6.54 Å². The maximum Gasteiger partial charge on any atom is 0.402 e. The van der Waals surface area contributed by atoms with Crippen LogP contribution in [0.3, 0.4) is 0 Å². The molecule has 1 unspecified atom stereocenters. The molecule has 5 heteroatoms. The van der Waals surface area contributed by atoms with Crippen molar-refractivity contribution >= 4 is 5.78 Å². The van der Waals surface area contributed by atoms with Gasteiger partial charge in [-0.2, -0.15) is 13.2 Å². The van der Waals surface area contributed by atoms with Crippen LogP contribution < -0.4 is 5.32 Å². The number of carbonyl (C=O) groups is 1. The molecule has 0 aliphatic carbocycles. The van der Waals surface area contributed by atoms with Gasteiger partial charge < -0.3 is 5.32 Å². The topological polar surface area (TPSA) is 29.1 Å². The van der Waals surface area contributed by atoms with Gasteiger partial charge in [-0.25, -0.2) is 0 Å². The number of nitrogens with one attached hydrogen (secondary N) is 1. The van der Waals surface area contributed by atoms with Gasteiger partial charge in [0.1, 0.15) is 5.41 Å². The largest absolute Gasteiger partial charge is 0.402 e. The third kappa shape index (κ3) is 2.15. The van der Waals surface area contributed by atoms with Crippen LogP contribution in [-0.2, 0) is 4.79 Å². The molecule has 15 heavy (non-hydrogen) atoms. The van der Waals surface area contributed by atoms with Gasteiger partial charge in [0.25, 0.3) is 0 Å². The fraction of sp³-hybridized carbons (Fsp3) is 0.700. The molecule has 0 saturated carbocycles. The highest BCUT2D eigenvalue weighted by atomic mass is 19.4. The minimum absolute atomic E-state index is 0.180. The first-order valence-electron chi connectivity index (χ1n) is 4.64. The quantitative estimate of drug-likeness (QED) is 0.713. The van der Waals surface area contributed by atoms with E-state index in [1.807, 2.05) is 0 Å². The molecule has 1 fully saturated rings. The summed E-state index contributed by atoms with van der Waals surface area (Å²) in [6.07, 6.45) is -4.98. The van der Waals surface area contributed by atoms with Crippen LogP contribution >= 0.6 is 0 Å². The van der Waals surface area contributed by atoms with E-state index in [0.29, 0.717) is 0 Å². The third-order valence-electron chi connectivity index (χ3n) is 2.66. The lowest BCUT2D eigenvalue weighted by atomic mass is 9.80. The molecule has 0 bridgehead atoms. The van der Waals surface area contributed by atoms with Crippen molar-refractivity contribution in [2.75, 3.05) is 13.1 Å². The van der Waals surface area contributed by atoms with Crippen molar-refractivity contribution in [3.63, 3.8) is 0 Å². The van der Waals surface area contributed by atoms with Crippen molar-refractivity contribution in [2.24, 2.45) is 5.41 Å². The van der Waals surface area contributed by atoms with E-state index in [1.165, 1.54) is 6.92 Å². The molecule has 0 radical (unpaired) electrons. The smallest absolute Gasteiger partial charge is 0.315 e. The molecule has 0 spiro atoms. The highest BCUT2D eigenvalue weighted by Crippen LogP contribution is 2.44. The molecule has 0 aromatic carbocycles. The summed E-state index contributed by atoms with van der Waals surface area (Å²) in [4.78, 5) is 11.5. The van der Waals surface area contributed by atoms with Crippen molar-refractivity contribution < 1.29 is 18.0 Å². The zero-order valence-corrected chi connectivity index (χ0v) is 8.37. The Morgan fingerprint density at radius 2 is 2.20 bits per heavy atom. The summed E-state index contributed by atoms with van der Waals surface area (Å²) < 4.78 is 38.4. The molecule has 1 aliphatic heterocycles. The molecule has 1 N–H and O–H groups in total. The predicted octanol–water partition coefficient (Wildman–Crippen LogP) is 1.51. The minimum Gasteiger partial charge on any atom is -0.315 e. The molecule has 2 nitrogen and oxygen atoms in total. The highest BCUT2D eigenvalue weighted by molar-refractivity contribution is 5.88. The Kier molecular flexibility index (Phi) is 3.40. The second-order valence-corrected chi connectivity index (χ2v) is 3.53. The van der Waals surface area contributed by atoms with Crippen LogP contribution in [0, 0.1) is 17.3 Å². The van der Waals surface area contributed by atoms with Crippen LogP contribution in [0.1, 0.15) is 19.8 Å². The van der Waals surface area contributed by atoms with Crippen LogP contribution in [-0.4, -0.2) is 25.0 Å². The minimum atomic E-state index is -4.48. The molecule has 0 amide bonds. The Hall–Kier alpha value is -1.02. The summed E-state index contributed by atoms with van der Waals surface area (Å²) in [7, 11) is 0. The number of halogens is 3. The first-order chi connectivity index (χ1) is 6.94. The Labute approximate surface area is 86.2 Å². The standard InChI is InChI=1S/C10H12F3NO/c1-2-3-4-8(15)9(10(11,12)13)5-6-14-7-9/h14H,4-7H2,1H3. The predicted molar refractivity (Wildman–Crippen MR) is 49.0 cm³/mol. The first-order valence-corrected chi connectivity index (χ1v) is 4.64. The summed E-state index contributed by atoms with van der Waals surface area (Å²) in [5, 5.41) is 2.59.